The minimum Gasteiger partial charge on any atom is -0.375 e. The molecule has 0 radical (unpaired) electrons. The Bertz CT molecular complexity index is 831. The van der Waals surface area contributed by atoms with Crippen molar-refractivity contribution in [2.45, 2.75) is 18.9 Å². The van der Waals surface area contributed by atoms with E-state index >= 15 is 0 Å². The second kappa shape index (κ2) is 5.13. The maximum absolute atomic E-state index is 6.34. The van der Waals surface area contributed by atoms with Crippen molar-refractivity contribution in [3.63, 3.8) is 0 Å². The molecule has 6 heteroatoms. The summed E-state index contributed by atoms with van der Waals surface area (Å²) in [6.07, 6.45) is 2.05. The largest absolute Gasteiger partial charge is 0.375 e. The van der Waals surface area contributed by atoms with E-state index in [2.05, 4.69) is 20.1 Å². The van der Waals surface area contributed by atoms with Crippen molar-refractivity contribution in [3.8, 4) is 0 Å². The molecule has 0 amide bonds. The summed E-state index contributed by atoms with van der Waals surface area (Å²) < 4.78 is 8.62. The van der Waals surface area contributed by atoms with Gasteiger partial charge in [-0.25, -0.2) is 0 Å². The number of hydrogen-bond donors (Lipinski definition) is 1. The molecule has 2 aromatic carbocycles. The fourth-order valence-electron chi connectivity index (χ4n) is 2.87. The van der Waals surface area contributed by atoms with Crippen molar-refractivity contribution >= 4 is 51.7 Å². The number of nitrogens with one attached hydrogen (secondary N) is 1. The summed E-state index contributed by atoms with van der Waals surface area (Å²) in [5, 5.41) is 5.01. The molecule has 1 N–H and O–H groups in total. The van der Waals surface area contributed by atoms with E-state index in [0.717, 1.165) is 34.6 Å². The molecule has 1 aliphatic carbocycles. The Kier molecular flexibility index (Phi) is 3.25. The van der Waals surface area contributed by atoms with Gasteiger partial charge in [-0.15, -0.1) is 0 Å². The van der Waals surface area contributed by atoms with Crippen LogP contribution in [0.5, 0.6) is 0 Å². The van der Waals surface area contributed by atoms with Crippen LogP contribution in [0, 0.1) is 0 Å². The lowest BCUT2D eigenvalue weighted by Gasteiger charge is -2.17. The van der Waals surface area contributed by atoms with Crippen LogP contribution in [-0.4, -0.2) is 8.75 Å². The number of aryl methyl sites for hydroxylation is 1. The first-order chi connectivity index (χ1) is 10.2. The molecule has 0 bridgehead atoms. The molecule has 1 atom stereocenters. The van der Waals surface area contributed by atoms with Gasteiger partial charge in [0.05, 0.1) is 28.5 Å². The zero-order valence-electron chi connectivity index (χ0n) is 10.9. The molecular formula is C15H11Cl2N3S. The number of aromatic nitrogens is 2. The number of anilines is 1. The number of halogens is 2. The Balaban J connectivity index is 1.74. The van der Waals surface area contributed by atoms with E-state index in [1.54, 1.807) is 0 Å². The summed E-state index contributed by atoms with van der Waals surface area (Å²) in [5.74, 6) is 0. The zero-order valence-corrected chi connectivity index (χ0v) is 13.3. The summed E-state index contributed by atoms with van der Waals surface area (Å²) in [7, 11) is 0. The minimum atomic E-state index is 0.238. The van der Waals surface area contributed by atoms with Gasteiger partial charge >= 0.3 is 0 Å². The van der Waals surface area contributed by atoms with Crippen LogP contribution in [0.2, 0.25) is 10.0 Å². The highest BCUT2D eigenvalue weighted by Gasteiger charge is 2.24. The van der Waals surface area contributed by atoms with Gasteiger partial charge in [0.2, 0.25) is 0 Å². The predicted octanol–water partition coefficient (Wildman–Crippen LogP) is 5.10. The van der Waals surface area contributed by atoms with Crippen molar-refractivity contribution in [2.24, 2.45) is 0 Å². The van der Waals surface area contributed by atoms with E-state index in [1.165, 1.54) is 22.9 Å². The average molecular weight is 336 g/mol. The zero-order chi connectivity index (χ0) is 14.4. The lowest BCUT2D eigenvalue weighted by molar-refractivity contribution is 0.763. The predicted molar refractivity (Wildman–Crippen MR) is 88.6 cm³/mol. The van der Waals surface area contributed by atoms with Gasteiger partial charge in [0.15, 0.2) is 0 Å². The lowest BCUT2D eigenvalue weighted by Crippen LogP contribution is -2.08. The van der Waals surface area contributed by atoms with E-state index in [4.69, 9.17) is 23.2 Å². The summed E-state index contributed by atoms with van der Waals surface area (Å²) in [4.78, 5) is 0. The highest BCUT2D eigenvalue weighted by molar-refractivity contribution is 7.00. The average Bonchev–Trinajstić information content (AvgIpc) is 3.08. The van der Waals surface area contributed by atoms with Gasteiger partial charge in [0.1, 0.15) is 11.0 Å². The molecule has 3 aromatic rings. The van der Waals surface area contributed by atoms with Gasteiger partial charge in [0.25, 0.3) is 0 Å². The Hall–Kier alpha value is -1.36. The molecule has 21 heavy (non-hydrogen) atoms. The maximum Gasteiger partial charge on any atom is 0.129 e. The molecule has 1 aromatic heterocycles. The van der Waals surface area contributed by atoms with E-state index in [1.807, 2.05) is 24.3 Å². The van der Waals surface area contributed by atoms with Crippen molar-refractivity contribution in [1.29, 1.82) is 0 Å². The third-order valence-electron chi connectivity index (χ3n) is 3.88. The highest BCUT2D eigenvalue weighted by atomic mass is 35.5. The molecular weight excluding hydrogens is 325 g/mol. The van der Waals surface area contributed by atoms with Gasteiger partial charge in [-0.2, -0.15) is 8.75 Å². The summed E-state index contributed by atoms with van der Waals surface area (Å²) in [5.41, 5.74) is 5.18. The fourth-order valence-corrected chi connectivity index (χ4v) is 3.82. The van der Waals surface area contributed by atoms with Gasteiger partial charge in [-0.3, -0.25) is 0 Å². The van der Waals surface area contributed by atoms with Gasteiger partial charge in [-0.05, 0) is 48.2 Å². The lowest BCUT2D eigenvalue weighted by atomic mass is 10.1. The van der Waals surface area contributed by atoms with Crippen LogP contribution in [0.15, 0.2) is 30.3 Å². The molecule has 4 rings (SSSR count). The van der Waals surface area contributed by atoms with Gasteiger partial charge in [-0.1, -0.05) is 29.3 Å². The summed E-state index contributed by atoms with van der Waals surface area (Å²) >= 11 is 13.6. The summed E-state index contributed by atoms with van der Waals surface area (Å²) in [6.45, 7) is 0. The first-order valence-electron chi connectivity index (χ1n) is 6.68. The second-order valence-electron chi connectivity index (χ2n) is 5.13. The molecule has 0 saturated carbocycles. The molecule has 0 saturated heterocycles. The Morgan fingerprint density at radius 1 is 1.14 bits per heavy atom. The third-order valence-corrected chi connectivity index (χ3v) is 4.97. The number of nitrogens with zero attached hydrogens (tertiary/aromatic N) is 2. The van der Waals surface area contributed by atoms with Crippen LogP contribution in [0.3, 0.4) is 0 Å². The highest BCUT2D eigenvalue weighted by Crippen LogP contribution is 2.39. The number of rotatable bonds is 2. The van der Waals surface area contributed by atoms with Crippen LogP contribution in [0.25, 0.3) is 11.0 Å². The van der Waals surface area contributed by atoms with Crippen molar-refractivity contribution in [1.82, 2.24) is 8.75 Å². The van der Waals surface area contributed by atoms with Crippen LogP contribution in [0.1, 0.15) is 23.6 Å². The SMILES string of the molecule is Clc1ccc2c(c1)CCC2Nc1c(Cl)ccc2nsnc12. The van der Waals surface area contributed by atoms with E-state index < -0.39 is 0 Å². The summed E-state index contributed by atoms with van der Waals surface area (Å²) in [6, 6.07) is 10.1. The van der Waals surface area contributed by atoms with E-state index in [-0.39, 0.29) is 6.04 Å². The Morgan fingerprint density at radius 3 is 2.95 bits per heavy atom. The Morgan fingerprint density at radius 2 is 2.05 bits per heavy atom. The molecule has 0 fully saturated rings. The monoisotopic (exact) mass is 335 g/mol. The molecule has 3 nitrogen and oxygen atoms in total. The van der Waals surface area contributed by atoms with Crippen LogP contribution in [0.4, 0.5) is 5.69 Å². The fraction of sp³-hybridized carbons (Fsp3) is 0.200. The molecule has 106 valence electrons. The number of benzene rings is 2. The smallest absolute Gasteiger partial charge is 0.129 e. The number of hydrogen-bond acceptors (Lipinski definition) is 4. The van der Waals surface area contributed by atoms with Gasteiger partial charge in [0, 0.05) is 5.02 Å². The van der Waals surface area contributed by atoms with E-state index in [0.29, 0.717) is 5.02 Å². The van der Waals surface area contributed by atoms with Crippen molar-refractivity contribution in [2.75, 3.05) is 5.32 Å². The maximum atomic E-state index is 6.34. The Labute approximate surface area is 136 Å². The standard InChI is InChI=1S/C15H11Cl2N3S/c16-9-2-3-10-8(7-9)1-5-12(10)18-14-11(17)4-6-13-15(14)20-21-19-13/h2-4,6-7,12,18H,1,5H2. The van der Waals surface area contributed by atoms with Crippen molar-refractivity contribution in [3.05, 3.63) is 51.5 Å². The molecule has 0 aliphatic heterocycles. The normalized spacial score (nSPS) is 17.1. The first-order valence-corrected chi connectivity index (χ1v) is 8.16. The minimum absolute atomic E-state index is 0.238. The number of fused-ring (bicyclic) bond motifs is 2. The first kappa shape index (κ1) is 13.3. The van der Waals surface area contributed by atoms with Crippen LogP contribution in [-0.2, 0) is 6.42 Å². The van der Waals surface area contributed by atoms with Crippen molar-refractivity contribution < 1.29 is 0 Å². The van der Waals surface area contributed by atoms with Crippen LogP contribution < -0.4 is 5.32 Å². The topological polar surface area (TPSA) is 37.8 Å². The molecule has 0 spiro atoms. The molecule has 1 aliphatic rings. The molecule has 1 heterocycles. The van der Waals surface area contributed by atoms with Gasteiger partial charge < -0.3 is 5.32 Å². The third kappa shape index (κ3) is 2.27. The quantitative estimate of drug-likeness (QED) is 0.708. The van der Waals surface area contributed by atoms with Crippen LogP contribution >= 0.6 is 34.9 Å². The van der Waals surface area contributed by atoms with E-state index in [9.17, 15) is 0 Å². The molecule has 1 unspecified atom stereocenters. The second-order valence-corrected chi connectivity index (χ2v) is 6.51.